The van der Waals surface area contributed by atoms with Crippen LogP contribution in [0, 0.1) is 0 Å². The average Bonchev–Trinajstić information content (AvgIpc) is 3.18. The molecule has 0 saturated carbocycles. The fourth-order valence-electron chi connectivity index (χ4n) is 3.24. The molecule has 6 N–H and O–H groups in total. The van der Waals surface area contributed by atoms with Crippen LogP contribution in [0.5, 0.6) is 0 Å². The van der Waals surface area contributed by atoms with Crippen molar-refractivity contribution in [2.75, 3.05) is 70.6 Å². The zero-order chi connectivity index (χ0) is 27.0. The second-order valence-corrected chi connectivity index (χ2v) is 9.13. The van der Waals surface area contributed by atoms with E-state index in [1.54, 1.807) is 25.3 Å². The first-order valence-electron chi connectivity index (χ1n) is 11.7. The first kappa shape index (κ1) is 31.9. The molecule has 0 aromatic heterocycles. The molecule has 0 spiro atoms. The molecule has 1 aliphatic heterocycles. The van der Waals surface area contributed by atoms with E-state index in [0.29, 0.717) is 58.4 Å². The Hall–Kier alpha value is -2.09. The second kappa shape index (κ2) is 17.4. The van der Waals surface area contributed by atoms with Crippen molar-refractivity contribution < 1.29 is 27.7 Å². The summed E-state index contributed by atoms with van der Waals surface area (Å²) in [7, 11) is 1.61. The van der Waals surface area contributed by atoms with Gasteiger partial charge in [-0.25, -0.2) is 0 Å². The molecule has 0 amide bonds. The number of hydrogen-bond acceptors (Lipinski definition) is 9. The summed E-state index contributed by atoms with van der Waals surface area (Å²) in [6.07, 6.45) is 3.72. The Morgan fingerprint density at radius 3 is 2.17 bits per heavy atom. The molecule has 2 rings (SSSR count). The van der Waals surface area contributed by atoms with E-state index in [1.165, 1.54) is 4.31 Å². The number of benzene rings is 1. The van der Waals surface area contributed by atoms with E-state index in [9.17, 15) is 8.76 Å². The van der Waals surface area contributed by atoms with Gasteiger partial charge in [0.15, 0.2) is 0 Å². The van der Waals surface area contributed by atoms with Gasteiger partial charge in [-0.2, -0.15) is 0 Å². The molecule has 1 aromatic carbocycles. The van der Waals surface area contributed by atoms with Gasteiger partial charge in [-0.3, -0.25) is 4.21 Å². The summed E-state index contributed by atoms with van der Waals surface area (Å²) in [6.45, 7) is 11.4. The highest BCUT2D eigenvalue weighted by Gasteiger charge is 2.29. The molecule has 1 aliphatic rings. The third-order valence-electron chi connectivity index (χ3n) is 5.05. The summed E-state index contributed by atoms with van der Waals surface area (Å²) < 4.78 is 45.1. The van der Waals surface area contributed by atoms with Crippen molar-refractivity contribution >= 4 is 23.0 Å². The summed E-state index contributed by atoms with van der Waals surface area (Å²) in [4.78, 5) is 0. The van der Waals surface area contributed by atoms with Crippen LogP contribution in [-0.4, -0.2) is 80.7 Å². The van der Waals surface area contributed by atoms with Crippen LogP contribution in [-0.2, 0) is 30.2 Å². The number of rotatable bonds is 15. The minimum atomic E-state index is -2.34. The summed E-state index contributed by atoms with van der Waals surface area (Å²) >= 11 is -2.34. The fraction of sp³-hybridized carbons (Fsp3) is 0.520. The molecule has 1 heterocycles. The van der Waals surface area contributed by atoms with Crippen LogP contribution < -0.4 is 21.5 Å². The normalized spacial score (nSPS) is 14.9. The van der Waals surface area contributed by atoms with Crippen molar-refractivity contribution in [1.29, 1.82) is 0 Å². The summed E-state index contributed by atoms with van der Waals surface area (Å²) in [6, 6.07) is 7.10. The predicted octanol–water partition coefficient (Wildman–Crippen LogP) is 1.46. The standard InChI is InChI=1S/C15H23NO5S.C10H19N3O/c1-3-14-4-6-15(7-5-14)16(22(17)18)8-9-20-12-13-21-11-10-19-2;1-10(2)3-7(4-11)9(14-10)8(5-12)6-13/h3-7H,1,8-13H2,2H3,(H,17,18);3H,4-6,11-13H2,1-2H3/p-1. The van der Waals surface area contributed by atoms with E-state index in [4.69, 9.17) is 36.1 Å². The summed E-state index contributed by atoms with van der Waals surface area (Å²) in [5, 5.41) is 0. The van der Waals surface area contributed by atoms with Gasteiger partial charge >= 0.3 is 0 Å². The highest BCUT2D eigenvalue weighted by molar-refractivity contribution is 7.80. The van der Waals surface area contributed by atoms with E-state index >= 15 is 0 Å². The SMILES string of the molecule is C=Cc1ccc(N(CCOCCOCCOC)S(=O)[O-])cc1.CC1(C)C=C(CN)C(=C(CN)CN)O1. The molecule has 10 nitrogen and oxygen atoms in total. The van der Waals surface area contributed by atoms with Crippen LogP contribution in [0.3, 0.4) is 0 Å². The van der Waals surface area contributed by atoms with Crippen molar-refractivity contribution in [3.63, 3.8) is 0 Å². The Labute approximate surface area is 217 Å². The number of nitrogens with two attached hydrogens (primary N) is 3. The van der Waals surface area contributed by atoms with Gasteiger partial charge in [0.25, 0.3) is 0 Å². The van der Waals surface area contributed by atoms with Crippen LogP contribution in [0.15, 0.2) is 53.8 Å². The maximum Gasteiger partial charge on any atom is 0.126 e. The minimum absolute atomic E-state index is 0.252. The number of ether oxygens (including phenoxy) is 4. The Balaban J connectivity index is 0.000000397. The third kappa shape index (κ3) is 11.3. The smallest absolute Gasteiger partial charge is 0.126 e. The fourth-order valence-corrected chi connectivity index (χ4v) is 3.76. The molecule has 0 saturated heterocycles. The van der Waals surface area contributed by atoms with E-state index in [-0.39, 0.29) is 12.1 Å². The molecule has 0 radical (unpaired) electrons. The van der Waals surface area contributed by atoms with E-state index < -0.39 is 11.3 Å². The van der Waals surface area contributed by atoms with E-state index in [0.717, 1.165) is 22.5 Å². The molecule has 11 heteroatoms. The highest BCUT2D eigenvalue weighted by atomic mass is 32.2. The van der Waals surface area contributed by atoms with Crippen molar-refractivity contribution in [2.24, 2.45) is 17.2 Å². The van der Waals surface area contributed by atoms with E-state index in [2.05, 4.69) is 6.58 Å². The van der Waals surface area contributed by atoms with Crippen molar-refractivity contribution in [3.8, 4) is 0 Å². The molecule has 0 bridgehead atoms. The maximum atomic E-state index is 11.3. The lowest BCUT2D eigenvalue weighted by atomic mass is 10.1. The molecular formula is C25H41N4O6S-. The van der Waals surface area contributed by atoms with Gasteiger partial charge in [0.2, 0.25) is 0 Å². The largest absolute Gasteiger partial charge is 0.755 e. The highest BCUT2D eigenvalue weighted by Crippen LogP contribution is 2.32. The number of methoxy groups -OCH3 is 1. The Morgan fingerprint density at radius 1 is 1.08 bits per heavy atom. The van der Waals surface area contributed by atoms with Gasteiger partial charge in [0.1, 0.15) is 11.4 Å². The summed E-state index contributed by atoms with van der Waals surface area (Å²) in [5.41, 5.74) is 20.0. The molecule has 0 aliphatic carbocycles. The maximum absolute atomic E-state index is 11.3. The topological polar surface area (TPSA) is 158 Å². The molecule has 1 atom stereocenters. The third-order valence-corrected chi connectivity index (χ3v) is 5.80. The molecule has 0 fully saturated rings. The van der Waals surface area contributed by atoms with Crippen LogP contribution >= 0.6 is 0 Å². The Kier molecular flexibility index (Phi) is 15.4. The van der Waals surface area contributed by atoms with E-state index in [1.807, 2.05) is 32.1 Å². The van der Waals surface area contributed by atoms with Gasteiger partial charge in [-0.05, 0) is 43.2 Å². The predicted molar refractivity (Wildman–Crippen MR) is 144 cm³/mol. The lowest BCUT2D eigenvalue weighted by molar-refractivity contribution is 0.0268. The monoisotopic (exact) mass is 525 g/mol. The quantitative estimate of drug-likeness (QED) is 0.228. The van der Waals surface area contributed by atoms with Gasteiger partial charge in [-0.15, -0.1) is 0 Å². The zero-order valence-electron chi connectivity index (χ0n) is 21.6. The molecule has 1 unspecified atom stereocenters. The van der Waals surface area contributed by atoms with Crippen molar-refractivity contribution in [2.45, 2.75) is 19.4 Å². The zero-order valence-corrected chi connectivity index (χ0v) is 22.4. The van der Waals surface area contributed by atoms with Crippen molar-refractivity contribution in [3.05, 3.63) is 59.4 Å². The van der Waals surface area contributed by atoms with Gasteiger partial charge in [0.05, 0.1) is 39.6 Å². The minimum Gasteiger partial charge on any atom is -0.755 e. The summed E-state index contributed by atoms with van der Waals surface area (Å²) in [5.74, 6) is 0.794. The van der Waals surface area contributed by atoms with Gasteiger partial charge in [0, 0.05) is 49.3 Å². The number of anilines is 1. The molecule has 204 valence electrons. The molecule has 1 aromatic rings. The average molecular weight is 526 g/mol. The lowest BCUT2D eigenvalue weighted by Crippen LogP contribution is -2.29. The number of hydrogen-bond donors (Lipinski definition) is 3. The van der Waals surface area contributed by atoms with Crippen LogP contribution in [0.25, 0.3) is 6.08 Å². The Bertz CT molecular complexity index is 868. The van der Waals surface area contributed by atoms with Crippen LogP contribution in [0.4, 0.5) is 5.69 Å². The van der Waals surface area contributed by atoms with Crippen molar-refractivity contribution in [1.82, 2.24) is 0 Å². The first-order valence-corrected chi connectivity index (χ1v) is 12.7. The molecular weight excluding hydrogens is 484 g/mol. The first-order chi connectivity index (χ1) is 17.2. The second-order valence-electron chi connectivity index (χ2n) is 8.25. The Morgan fingerprint density at radius 2 is 1.67 bits per heavy atom. The molecule has 36 heavy (non-hydrogen) atoms. The number of nitrogens with zero attached hydrogens (tertiary/aromatic N) is 1. The van der Waals surface area contributed by atoms with Gasteiger partial charge < -0.3 is 45.0 Å². The van der Waals surface area contributed by atoms with Gasteiger partial charge in [-0.1, -0.05) is 24.8 Å². The lowest BCUT2D eigenvalue weighted by Gasteiger charge is -2.26. The van der Waals surface area contributed by atoms with Crippen LogP contribution in [0.2, 0.25) is 0 Å². The van der Waals surface area contributed by atoms with Crippen LogP contribution in [0.1, 0.15) is 19.4 Å².